The third-order valence-electron chi connectivity index (χ3n) is 3.49. The second-order valence-electron chi connectivity index (χ2n) is 5.03. The maximum atomic E-state index is 12.7. The third kappa shape index (κ3) is 3.72. The Morgan fingerprint density at radius 2 is 1.86 bits per heavy atom. The van der Waals surface area contributed by atoms with Crippen LogP contribution < -0.4 is 10.6 Å². The Morgan fingerprint density at radius 1 is 1.29 bits per heavy atom. The van der Waals surface area contributed by atoms with E-state index in [0.29, 0.717) is 36.8 Å². The first-order valence-corrected chi connectivity index (χ1v) is 6.96. The van der Waals surface area contributed by atoms with Crippen molar-refractivity contribution in [2.45, 2.75) is 18.4 Å². The number of nitrogens with two attached hydrogens (primary N) is 1. The van der Waals surface area contributed by atoms with Crippen molar-refractivity contribution >= 4 is 29.2 Å². The summed E-state index contributed by atoms with van der Waals surface area (Å²) in [6, 6.07) is 6.41. The monoisotopic (exact) mass is 312 g/mol. The molecule has 7 heteroatoms. The number of amides is 1. The van der Waals surface area contributed by atoms with Gasteiger partial charge >= 0.3 is 5.97 Å². The number of carboxylic acids is 1. The van der Waals surface area contributed by atoms with Gasteiger partial charge in [0.1, 0.15) is 12.1 Å². The first kappa shape index (κ1) is 15.8. The predicted molar refractivity (Wildman–Crippen MR) is 78.4 cm³/mol. The molecule has 21 heavy (non-hydrogen) atoms. The minimum Gasteiger partial charge on any atom is -0.480 e. The highest BCUT2D eigenvalue weighted by atomic mass is 35.5. The van der Waals surface area contributed by atoms with Crippen molar-refractivity contribution in [2.24, 2.45) is 5.73 Å². The molecule has 0 aromatic heterocycles. The molecule has 1 fully saturated rings. The molecule has 114 valence electrons. The van der Waals surface area contributed by atoms with E-state index in [4.69, 9.17) is 27.2 Å². The van der Waals surface area contributed by atoms with Gasteiger partial charge in [-0.05, 0) is 37.1 Å². The second-order valence-corrected chi connectivity index (χ2v) is 5.47. The van der Waals surface area contributed by atoms with E-state index in [1.54, 1.807) is 24.3 Å². The minimum absolute atomic E-state index is 0.371. The number of hydrogen-bond acceptors (Lipinski definition) is 4. The van der Waals surface area contributed by atoms with Crippen LogP contribution in [-0.4, -0.2) is 42.3 Å². The lowest BCUT2D eigenvalue weighted by atomic mass is 9.89. The van der Waals surface area contributed by atoms with E-state index >= 15 is 0 Å². The third-order valence-corrected chi connectivity index (χ3v) is 3.74. The zero-order valence-electron chi connectivity index (χ0n) is 11.4. The molecule has 3 N–H and O–H groups in total. The van der Waals surface area contributed by atoms with Crippen molar-refractivity contribution in [3.63, 3.8) is 0 Å². The Kier molecular flexibility index (Phi) is 4.82. The molecular weight excluding hydrogens is 296 g/mol. The van der Waals surface area contributed by atoms with E-state index in [2.05, 4.69) is 0 Å². The van der Waals surface area contributed by atoms with Gasteiger partial charge in [-0.25, -0.2) is 0 Å². The van der Waals surface area contributed by atoms with Gasteiger partial charge in [-0.1, -0.05) is 11.6 Å². The summed E-state index contributed by atoms with van der Waals surface area (Å²) in [7, 11) is 0. The number of carbonyl (C=O) groups is 2. The fourth-order valence-electron chi connectivity index (χ4n) is 2.25. The van der Waals surface area contributed by atoms with Gasteiger partial charge in [0.05, 0.1) is 0 Å². The van der Waals surface area contributed by atoms with E-state index in [9.17, 15) is 9.59 Å². The minimum atomic E-state index is -1.10. The zero-order valence-corrected chi connectivity index (χ0v) is 12.2. The van der Waals surface area contributed by atoms with E-state index in [0.717, 1.165) is 0 Å². The molecule has 0 aliphatic carbocycles. The summed E-state index contributed by atoms with van der Waals surface area (Å²) < 4.78 is 5.21. The summed E-state index contributed by atoms with van der Waals surface area (Å²) in [5, 5.41) is 9.55. The maximum absolute atomic E-state index is 12.7. The number of carboxylic acid groups (broad SMARTS) is 1. The molecule has 0 radical (unpaired) electrons. The molecule has 1 aromatic carbocycles. The van der Waals surface area contributed by atoms with E-state index in [1.807, 2.05) is 0 Å². The van der Waals surface area contributed by atoms with Crippen LogP contribution in [0.25, 0.3) is 0 Å². The lowest BCUT2D eigenvalue weighted by Crippen LogP contribution is -2.59. The molecular formula is C14H17ClN2O4. The molecule has 2 rings (SSSR count). The number of nitrogens with zero attached hydrogens (tertiary/aromatic N) is 1. The Bertz CT molecular complexity index is 526. The summed E-state index contributed by atoms with van der Waals surface area (Å²) >= 11 is 5.82. The molecule has 0 unspecified atom stereocenters. The standard InChI is InChI=1S/C14H17ClN2O4/c15-10-1-3-11(4-2-10)17(9-12(18)19)13(20)14(16)5-7-21-8-6-14/h1-4H,5-9,16H2,(H,18,19). The van der Waals surface area contributed by atoms with Gasteiger partial charge in [-0.2, -0.15) is 0 Å². The highest BCUT2D eigenvalue weighted by Crippen LogP contribution is 2.25. The van der Waals surface area contributed by atoms with Crippen molar-refractivity contribution in [1.29, 1.82) is 0 Å². The van der Waals surface area contributed by atoms with Gasteiger partial charge in [0.25, 0.3) is 0 Å². The lowest BCUT2D eigenvalue weighted by molar-refractivity contribution is -0.137. The molecule has 6 nitrogen and oxygen atoms in total. The molecule has 0 spiro atoms. The summed E-state index contributed by atoms with van der Waals surface area (Å²) in [6.07, 6.45) is 0.741. The van der Waals surface area contributed by atoms with E-state index in [1.165, 1.54) is 4.90 Å². The molecule has 1 heterocycles. The van der Waals surface area contributed by atoms with Crippen molar-refractivity contribution < 1.29 is 19.4 Å². The highest BCUT2D eigenvalue weighted by molar-refractivity contribution is 6.30. The van der Waals surface area contributed by atoms with Crippen LogP contribution in [0.4, 0.5) is 5.69 Å². The van der Waals surface area contributed by atoms with Crippen LogP contribution in [0.15, 0.2) is 24.3 Å². The molecule has 1 aliphatic heterocycles. The first-order chi connectivity index (χ1) is 9.92. The van der Waals surface area contributed by atoms with E-state index < -0.39 is 24.0 Å². The lowest BCUT2D eigenvalue weighted by Gasteiger charge is -2.36. The van der Waals surface area contributed by atoms with Gasteiger partial charge in [0, 0.05) is 23.9 Å². The largest absolute Gasteiger partial charge is 0.480 e. The van der Waals surface area contributed by atoms with Gasteiger partial charge in [0.2, 0.25) is 5.91 Å². The van der Waals surface area contributed by atoms with Crippen molar-refractivity contribution in [1.82, 2.24) is 0 Å². The molecule has 1 aliphatic rings. The van der Waals surface area contributed by atoms with Crippen LogP contribution in [-0.2, 0) is 14.3 Å². The Morgan fingerprint density at radius 3 is 2.38 bits per heavy atom. The van der Waals surface area contributed by atoms with Crippen molar-refractivity contribution in [2.75, 3.05) is 24.7 Å². The zero-order chi connectivity index (χ0) is 15.5. The van der Waals surface area contributed by atoms with Crippen molar-refractivity contribution in [3.8, 4) is 0 Å². The predicted octanol–water partition coefficient (Wildman–Crippen LogP) is 1.27. The van der Waals surface area contributed by atoms with Gasteiger partial charge < -0.3 is 15.6 Å². The molecule has 1 saturated heterocycles. The molecule has 0 bridgehead atoms. The summed E-state index contributed by atoms with van der Waals surface area (Å²) in [5.41, 5.74) is 5.53. The van der Waals surface area contributed by atoms with Gasteiger partial charge in [-0.3, -0.25) is 14.5 Å². The normalized spacial score (nSPS) is 17.2. The summed E-state index contributed by atoms with van der Waals surface area (Å²) in [6.45, 7) is 0.341. The number of carbonyl (C=O) groups excluding carboxylic acids is 1. The highest BCUT2D eigenvalue weighted by Gasteiger charge is 2.40. The van der Waals surface area contributed by atoms with Crippen molar-refractivity contribution in [3.05, 3.63) is 29.3 Å². The summed E-state index contributed by atoms with van der Waals surface area (Å²) in [4.78, 5) is 24.9. The number of rotatable bonds is 4. The second kappa shape index (κ2) is 6.43. The topological polar surface area (TPSA) is 92.9 Å². The van der Waals surface area contributed by atoms with Gasteiger partial charge in [0.15, 0.2) is 0 Å². The number of benzene rings is 1. The average molecular weight is 313 g/mol. The van der Waals surface area contributed by atoms with E-state index in [-0.39, 0.29) is 0 Å². The molecule has 0 saturated carbocycles. The molecule has 0 atom stereocenters. The molecule has 1 amide bonds. The van der Waals surface area contributed by atoms with Crippen LogP contribution >= 0.6 is 11.6 Å². The van der Waals surface area contributed by atoms with Crippen LogP contribution in [0.2, 0.25) is 5.02 Å². The van der Waals surface area contributed by atoms with Crippen LogP contribution in [0.3, 0.4) is 0 Å². The number of ether oxygens (including phenoxy) is 1. The fraction of sp³-hybridized carbons (Fsp3) is 0.429. The maximum Gasteiger partial charge on any atom is 0.323 e. The first-order valence-electron chi connectivity index (χ1n) is 6.58. The van der Waals surface area contributed by atoms with Crippen LogP contribution in [0.1, 0.15) is 12.8 Å². The number of aliphatic carboxylic acids is 1. The van der Waals surface area contributed by atoms with Crippen LogP contribution in [0.5, 0.6) is 0 Å². The SMILES string of the molecule is NC1(C(=O)N(CC(=O)O)c2ccc(Cl)cc2)CCOCC1. The Labute approximate surface area is 127 Å². The Hall–Kier alpha value is -1.63. The molecule has 1 aromatic rings. The average Bonchev–Trinajstić information content (AvgIpc) is 2.46. The van der Waals surface area contributed by atoms with Gasteiger partial charge in [-0.15, -0.1) is 0 Å². The smallest absolute Gasteiger partial charge is 0.323 e. The number of hydrogen-bond donors (Lipinski definition) is 2. The number of anilines is 1. The fourth-order valence-corrected chi connectivity index (χ4v) is 2.38. The Balaban J connectivity index is 2.28. The quantitative estimate of drug-likeness (QED) is 0.873. The number of halogens is 1. The van der Waals surface area contributed by atoms with Crippen LogP contribution in [0, 0.1) is 0 Å². The summed E-state index contributed by atoms with van der Waals surface area (Å²) in [5.74, 6) is -1.51.